The van der Waals surface area contributed by atoms with Gasteiger partial charge < -0.3 is 10.1 Å². The van der Waals surface area contributed by atoms with Crippen molar-refractivity contribution in [3.05, 3.63) is 65.2 Å². The van der Waals surface area contributed by atoms with Crippen LogP contribution in [0.2, 0.25) is 0 Å². The number of Topliss-reactive ketones (excluding diaryl/α,β-unsaturated/α-hetero) is 1. The zero-order valence-corrected chi connectivity index (χ0v) is 14.4. The number of nitrogens with one attached hydrogen (secondary N) is 1. The van der Waals surface area contributed by atoms with Crippen molar-refractivity contribution < 1.29 is 19.1 Å². The second-order valence-electron chi connectivity index (χ2n) is 5.64. The van der Waals surface area contributed by atoms with E-state index in [1.165, 1.54) is 0 Å². The van der Waals surface area contributed by atoms with E-state index in [0.717, 1.165) is 5.56 Å². The molecular formula is C20H21NO4. The maximum absolute atomic E-state index is 12.1. The van der Waals surface area contributed by atoms with E-state index < -0.39 is 5.97 Å². The number of ether oxygens (including phenoxy) is 1. The molecular weight excluding hydrogens is 318 g/mol. The zero-order chi connectivity index (χ0) is 18.2. The molecule has 0 spiro atoms. The van der Waals surface area contributed by atoms with Crippen molar-refractivity contribution in [2.45, 2.75) is 26.7 Å². The van der Waals surface area contributed by atoms with Gasteiger partial charge in [0.1, 0.15) is 0 Å². The van der Waals surface area contributed by atoms with Crippen molar-refractivity contribution in [3.8, 4) is 0 Å². The fourth-order valence-electron chi connectivity index (χ4n) is 2.24. The summed E-state index contributed by atoms with van der Waals surface area (Å²) in [6.07, 6.45) is 0.252. The number of amides is 1. The number of benzene rings is 2. The molecule has 5 heteroatoms. The van der Waals surface area contributed by atoms with E-state index >= 15 is 0 Å². The van der Waals surface area contributed by atoms with Crippen molar-refractivity contribution in [1.29, 1.82) is 0 Å². The molecule has 0 bridgehead atoms. The molecule has 1 N–H and O–H groups in total. The van der Waals surface area contributed by atoms with Crippen LogP contribution in [0.3, 0.4) is 0 Å². The molecule has 2 aromatic carbocycles. The van der Waals surface area contributed by atoms with Gasteiger partial charge in [-0.1, -0.05) is 29.8 Å². The molecule has 0 aliphatic heterocycles. The SMILES string of the molecule is CCOC(=O)c1ccc(NC(=O)CCC(=O)c2ccc(C)cc2)cc1. The molecule has 0 fully saturated rings. The fourth-order valence-corrected chi connectivity index (χ4v) is 2.24. The predicted molar refractivity (Wildman–Crippen MR) is 95.8 cm³/mol. The first-order chi connectivity index (χ1) is 12.0. The zero-order valence-electron chi connectivity index (χ0n) is 14.4. The summed E-state index contributed by atoms with van der Waals surface area (Å²) in [4.78, 5) is 35.6. The van der Waals surface area contributed by atoms with Crippen molar-refractivity contribution >= 4 is 23.3 Å². The lowest BCUT2D eigenvalue weighted by Gasteiger charge is -2.06. The molecule has 0 saturated heterocycles. The van der Waals surface area contributed by atoms with Crippen LogP contribution in [0.1, 0.15) is 46.0 Å². The highest BCUT2D eigenvalue weighted by Crippen LogP contribution is 2.12. The quantitative estimate of drug-likeness (QED) is 0.615. The Kier molecular flexibility index (Phi) is 6.46. The van der Waals surface area contributed by atoms with Gasteiger partial charge >= 0.3 is 5.97 Å². The fraction of sp³-hybridized carbons (Fsp3) is 0.250. The van der Waals surface area contributed by atoms with E-state index in [2.05, 4.69) is 5.32 Å². The van der Waals surface area contributed by atoms with E-state index in [1.807, 2.05) is 19.1 Å². The molecule has 5 nitrogen and oxygen atoms in total. The Morgan fingerprint density at radius 1 is 0.880 bits per heavy atom. The average molecular weight is 339 g/mol. The molecule has 2 aromatic rings. The summed E-state index contributed by atoms with van der Waals surface area (Å²) in [6.45, 7) is 4.01. The third-order valence-corrected chi connectivity index (χ3v) is 3.63. The van der Waals surface area contributed by atoms with E-state index in [9.17, 15) is 14.4 Å². The van der Waals surface area contributed by atoms with E-state index in [1.54, 1.807) is 43.3 Å². The van der Waals surface area contributed by atoms with Gasteiger partial charge in [0.25, 0.3) is 0 Å². The van der Waals surface area contributed by atoms with Crippen LogP contribution < -0.4 is 5.32 Å². The van der Waals surface area contributed by atoms with Crippen LogP contribution in [0.5, 0.6) is 0 Å². The summed E-state index contributed by atoms with van der Waals surface area (Å²) in [6, 6.07) is 13.7. The first-order valence-electron chi connectivity index (χ1n) is 8.16. The van der Waals surface area contributed by atoms with Crippen LogP contribution >= 0.6 is 0 Å². The van der Waals surface area contributed by atoms with Gasteiger partial charge in [-0.3, -0.25) is 9.59 Å². The summed E-state index contributed by atoms with van der Waals surface area (Å²) in [5.74, 6) is -0.707. The Balaban J connectivity index is 1.84. The Bertz CT molecular complexity index is 748. The minimum atomic E-state index is -0.399. The lowest BCUT2D eigenvalue weighted by Crippen LogP contribution is -2.13. The van der Waals surface area contributed by atoms with Crippen molar-refractivity contribution in [2.75, 3.05) is 11.9 Å². The van der Waals surface area contributed by atoms with Crippen LogP contribution in [-0.2, 0) is 9.53 Å². The van der Waals surface area contributed by atoms with Crippen molar-refractivity contribution in [2.24, 2.45) is 0 Å². The Labute approximate surface area is 147 Å². The minimum Gasteiger partial charge on any atom is -0.462 e. The Morgan fingerprint density at radius 2 is 1.48 bits per heavy atom. The van der Waals surface area contributed by atoms with Crippen LogP contribution in [0, 0.1) is 6.92 Å². The number of esters is 1. The summed E-state index contributed by atoms with van der Waals surface area (Å²) in [5, 5.41) is 2.71. The number of ketones is 1. The van der Waals surface area contributed by atoms with Crippen LogP contribution in [0.15, 0.2) is 48.5 Å². The number of carbonyl (C=O) groups is 3. The second kappa shape index (κ2) is 8.78. The highest BCUT2D eigenvalue weighted by Gasteiger charge is 2.10. The summed E-state index contributed by atoms with van der Waals surface area (Å²) >= 11 is 0. The predicted octanol–water partition coefficient (Wildman–Crippen LogP) is 3.77. The topological polar surface area (TPSA) is 72.5 Å². The van der Waals surface area contributed by atoms with E-state index in [0.29, 0.717) is 23.4 Å². The molecule has 0 atom stereocenters. The van der Waals surface area contributed by atoms with Crippen LogP contribution in [-0.4, -0.2) is 24.3 Å². The Morgan fingerprint density at radius 3 is 2.08 bits per heavy atom. The monoisotopic (exact) mass is 339 g/mol. The Hall–Kier alpha value is -2.95. The number of hydrogen-bond donors (Lipinski definition) is 1. The van der Waals surface area contributed by atoms with Gasteiger partial charge in [0.2, 0.25) is 5.91 Å². The summed E-state index contributed by atoms with van der Waals surface area (Å²) < 4.78 is 4.90. The standard InChI is InChI=1S/C20H21NO4/c1-3-25-20(24)16-8-10-17(11-9-16)21-19(23)13-12-18(22)15-6-4-14(2)5-7-15/h4-11H,3,12-13H2,1-2H3,(H,21,23). The van der Waals surface area contributed by atoms with Crippen molar-refractivity contribution in [1.82, 2.24) is 0 Å². The molecule has 0 aliphatic rings. The molecule has 1 amide bonds. The summed E-state index contributed by atoms with van der Waals surface area (Å²) in [7, 11) is 0. The molecule has 0 aromatic heterocycles. The van der Waals surface area contributed by atoms with Gasteiger partial charge in [0.05, 0.1) is 12.2 Å². The number of carbonyl (C=O) groups excluding carboxylic acids is 3. The van der Waals surface area contributed by atoms with E-state index in [4.69, 9.17) is 4.74 Å². The molecule has 130 valence electrons. The molecule has 0 unspecified atom stereocenters. The first-order valence-corrected chi connectivity index (χ1v) is 8.16. The second-order valence-corrected chi connectivity index (χ2v) is 5.64. The number of hydrogen-bond acceptors (Lipinski definition) is 4. The van der Waals surface area contributed by atoms with Gasteiger partial charge in [0.15, 0.2) is 5.78 Å². The normalized spacial score (nSPS) is 10.2. The molecule has 2 rings (SSSR count). The van der Waals surface area contributed by atoms with Gasteiger partial charge in [-0.2, -0.15) is 0 Å². The average Bonchev–Trinajstić information content (AvgIpc) is 2.61. The number of anilines is 1. The van der Waals surface area contributed by atoms with Gasteiger partial charge in [0, 0.05) is 24.1 Å². The van der Waals surface area contributed by atoms with Gasteiger partial charge in [-0.25, -0.2) is 4.79 Å². The third kappa shape index (κ3) is 5.57. The lowest BCUT2D eigenvalue weighted by atomic mass is 10.0. The molecule has 25 heavy (non-hydrogen) atoms. The maximum Gasteiger partial charge on any atom is 0.338 e. The first kappa shape index (κ1) is 18.4. The molecule has 0 heterocycles. The molecule has 0 aliphatic carbocycles. The molecule has 0 saturated carbocycles. The maximum atomic E-state index is 12.1. The van der Waals surface area contributed by atoms with Gasteiger partial charge in [-0.05, 0) is 38.1 Å². The minimum absolute atomic E-state index is 0.0622. The number of rotatable bonds is 7. The third-order valence-electron chi connectivity index (χ3n) is 3.63. The highest BCUT2D eigenvalue weighted by atomic mass is 16.5. The van der Waals surface area contributed by atoms with Crippen molar-refractivity contribution in [3.63, 3.8) is 0 Å². The van der Waals surface area contributed by atoms with E-state index in [-0.39, 0.29) is 24.5 Å². The van der Waals surface area contributed by atoms with Crippen LogP contribution in [0.4, 0.5) is 5.69 Å². The molecule has 0 radical (unpaired) electrons. The summed E-state index contributed by atoms with van der Waals surface area (Å²) in [5.41, 5.74) is 2.69. The highest BCUT2D eigenvalue weighted by molar-refractivity contribution is 6.00. The lowest BCUT2D eigenvalue weighted by molar-refractivity contribution is -0.116. The largest absolute Gasteiger partial charge is 0.462 e. The van der Waals surface area contributed by atoms with Gasteiger partial charge in [-0.15, -0.1) is 0 Å². The van der Waals surface area contributed by atoms with Crippen LogP contribution in [0.25, 0.3) is 0 Å². The smallest absolute Gasteiger partial charge is 0.338 e. The number of aryl methyl sites for hydroxylation is 1.